The van der Waals surface area contributed by atoms with Gasteiger partial charge in [0.05, 0.1) is 6.61 Å². The Morgan fingerprint density at radius 2 is 1.09 bits per heavy atom. The summed E-state index contributed by atoms with van der Waals surface area (Å²) < 4.78 is 0. The number of carboxylic acids is 3. The van der Waals surface area contributed by atoms with Gasteiger partial charge in [0.15, 0.2) is 0 Å². The molecule has 0 unspecified atom stereocenters. The van der Waals surface area contributed by atoms with Gasteiger partial charge in [0.25, 0.3) is 17.9 Å². The van der Waals surface area contributed by atoms with Gasteiger partial charge < -0.3 is 31.5 Å². The fraction of sp³-hybridized carbons (Fsp3) is 0.700. The number of carboxylic acid groups (broad SMARTS) is 3. The summed E-state index contributed by atoms with van der Waals surface area (Å²) in [6.07, 6.45) is 0. The van der Waals surface area contributed by atoms with Gasteiger partial charge in [0.1, 0.15) is 0 Å². The molecule has 7 N–H and O–H groups in total. The number of hydrogen-bond donors (Lipinski definition) is 6. The second-order valence-corrected chi connectivity index (χ2v) is 2.82. The van der Waals surface area contributed by atoms with Crippen molar-refractivity contribution in [3.63, 3.8) is 0 Å². The van der Waals surface area contributed by atoms with Crippen LogP contribution in [0, 0.1) is 0 Å². The molecule has 0 heterocycles. The molecule has 0 rings (SSSR count). The fourth-order valence-electron chi connectivity index (χ4n) is 0.306. The van der Waals surface area contributed by atoms with Gasteiger partial charge in [-0.05, 0) is 0 Å². The van der Waals surface area contributed by atoms with Crippen LogP contribution in [0.5, 0.6) is 0 Å². The Morgan fingerprint density at radius 3 is 1.23 bits per heavy atom. The molecule has 0 spiro atoms. The molecule has 12 heteroatoms. The Bertz CT molecular complexity index is 193. The summed E-state index contributed by atoms with van der Waals surface area (Å²) in [5.74, 6) is -2.50. The summed E-state index contributed by atoms with van der Waals surface area (Å²) in [5.41, 5.74) is 5.13. The Hall–Kier alpha value is 1.55. The van der Waals surface area contributed by atoms with Gasteiger partial charge in [0.2, 0.25) is 0 Å². The predicted octanol–water partition coefficient (Wildman–Crippen LogP) is -3.41. The molecular weight excluding hydrogens is 346 g/mol. The molecule has 0 aliphatic heterocycles. The van der Waals surface area contributed by atoms with Crippen molar-refractivity contribution < 1.29 is 34.8 Å². The van der Waals surface area contributed by atoms with Crippen LogP contribution in [0.15, 0.2) is 0 Å². The number of nitrogens with two attached hydrogens (primary N) is 1. The first-order valence-electron chi connectivity index (χ1n) is 5.21. The molecule has 0 fully saturated rings. The molecular formula is C10H28CaN2Na2O7. The minimum atomic E-state index is -0.833. The summed E-state index contributed by atoms with van der Waals surface area (Å²) in [4.78, 5) is 27.0. The van der Waals surface area contributed by atoms with Crippen LogP contribution < -0.4 is 11.1 Å². The van der Waals surface area contributed by atoms with Gasteiger partial charge in [0, 0.05) is 40.4 Å². The Balaban J connectivity index is -0.0000000270. The average molecular weight is 374 g/mol. The third kappa shape index (κ3) is 295. The number of carbonyl (C=O) groups is 3. The zero-order chi connectivity index (χ0) is 16.3. The van der Waals surface area contributed by atoms with E-state index in [9.17, 15) is 0 Å². The van der Waals surface area contributed by atoms with E-state index in [1.807, 2.05) is 0 Å². The van der Waals surface area contributed by atoms with E-state index >= 15 is 0 Å². The molecule has 0 radical (unpaired) electrons. The van der Waals surface area contributed by atoms with Gasteiger partial charge in [-0.2, -0.15) is 0 Å². The molecule has 9 nitrogen and oxygen atoms in total. The third-order valence-electron chi connectivity index (χ3n) is 0.610. The summed E-state index contributed by atoms with van der Waals surface area (Å²) in [5, 5.41) is 33.3. The normalized spacial score (nSPS) is 6.41. The van der Waals surface area contributed by atoms with Crippen LogP contribution in [0.25, 0.3) is 0 Å². The van der Waals surface area contributed by atoms with Crippen molar-refractivity contribution in [3.05, 3.63) is 0 Å². The van der Waals surface area contributed by atoms with Crippen molar-refractivity contribution in [3.8, 4) is 0 Å². The van der Waals surface area contributed by atoms with E-state index in [0.29, 0.717) is 13.1 Å². The number of hydrogen-bond acceptors (Lipinski definition) is 6. The second-order valence-electron chi connectivity index (χ2n) is 2.82. The molecule has 0 aromatic carbocycles. The van der Waals surface area contributed by atoms with Crippen molar-refractivity contribution in [2.45, 2.75) is 20.8 Å². The molecule has 0 bridgehead atoms. The van der Waals surface area contributed by atoms with E-state index in [2.05, 4.69) is 5.32 Å². The van der Waals surface area contributed by atoms with Crippen molar-refractivity contribution in [2.24, 2.45) is 5.73 Å². The monoisotopic (exact) mass is 374 g/mol. The molecule has 0 saturated heterocycles. The van der Waals surface area contributed by atoms with Crippen LogP contribution in [0.3, 0.4) is 0 Å². The fourth-order valence-corrected chi connectivity index (χ4v) is 0.306. The molecule has 0 aliphatic rings. The van der Waals surface area contributed by atoms with Crippen LogP contribution in [-0.4, -0.2) is 161 Å². The Labute approximate surface area is 205 Å². The minimum absolute atomic E-state index is 0. The molecule has 0 atom stereocenters. The van der Waals surface area contributed by atoms with Crippen molar-refractivity contribution in [1.29, 1.82) is 0 Å². The molecule has 0 saturated carbocycles. The molecule has 22 heavy (non-hydrogen) atoms. The van der Waals surface area contributed by atoms with E-state index in [4.69, 9.17) is 40.5 Å². The maximum absolute atomic E-state index is 9.00. The molecule has 0 aromatic rings. The van der Waals surface area contributed by atoms with Crippen molar-refractivity contribution in [1.82, 2.24) is 5.32 Å². The van der Waals surface area contributed by atoms with Gasteiger partial charge in [-0.1, -0.05) is 0 Å². The standard InChI is InChI=1S/C4H12N2O.3C2H4O2.Ca.2Na.4H/c5-1-2-6-3-4-7;3*1-2(3)4;;;;;;;/h6-7H,1-5H2;3*1H3,(H,3,4);;;;;;;. The summed E-state index contributed by atoms with van der Waals surface area (Å²) in [6.45, 7) is 5.53. The number of nitrogens with one attached hydrogen (secondary N) is 1. The van der Waals surface area contributed by atoms with Gasteiger partial charge in [-0.15, -0.1) is 0 Å². The molecule has 0 aromatic heterocycles. The zero-order valence-electron chi connectivity index (χ0n) is 11.4. The predicted molar refractivity (Wildman–Crippen MR) is 91.8 cm³/mol. The van der Waals surface area contributed by atoms with Crippen molar-refractivity contribution >= 4 is 115 Å². The average Bonchev–Trinajstić information content (AvgIpc) is 2.15. The first-order chi connectivity index (χ1) is 8.61. The SMILES string of the molecule is CC(=O)O.CC(=O)O.CC(=O)O.NCCNCCO.[CaH2].[NaH].[NaH]. The van der Waals surface area contributed by atoms with E-state index in [1.54, 1.807) is 0 Å². The van der Waals surface area contributed by atoms with E-state index in [-0.39, 0.29) is 103 Å². The van der Waals surface area contributed by atoms with Gasteiger partial charge in [-0.25, -0.2) is 0 Å². The van der Waals surface area contributed by atoms with E-state index in [0.717, 1.165) is 27.3 Å². The van der Waals surface area contributed by atoms with Crippen molar-refractivity contribution in [2.75, 3.05) is 26.2 Å². The number of aliphatic hydroxyl groups is 1. The van der Waals surface area contributed by atoms with Crippen LogP contribution in [0.2, 0.25) is 0 Å². The number of aliphatic carboxylic acids is 3. The van der Waals surface area contributed by atoms with E-state index < -0.39 is 17.9 Å². The number of rotatable bonds is 4. The quantitative estimate of drug-likeness (QED) is 0.217. The Morgan fingerprint density at radius 1 is 0.864 bits per heavy atom. The Kier molecular flexibility index (Phi) is 86.1. The van der Waals surface area contributed by atoms with Crippen LogP contribution in [-0.2, 0) is 14.4 Å². The topological polar surface area (TPSA) is 170 Å². The second kappa shape index (κ2) is 43.3. The van der Waals surface area contributed by atoms with Crippen LogP contribution >= 0.6 is 0 Å². The molecule has 0 amide bonds. The number of aliphatic hydroxyl groups excluding tert-OH is 1. The maximum atomic E-state index is 9.00. The summed E-state index contributed by atoms with van der Waals surface area (Å²) in [7, 11) is 0. The van der Waals surface area contributed by atoms with E-state index in [1.165, 1.54) is 0 Å². The molecule has 0 aliphatic carbocycles. The summed E-state index contributed by atoms with van der Waals surface area (Å²) in [6, 6.07) is 0. The molecule has 124 valence electrons. The van der Waals surface area contributed by atoms with Crippen LogP contribution in [0.1, 0.15) is 20.8 Å². The van der Waals surface area contributed by atoms with Crippen LogP contribution in [0.4, 0.5) is 0 Å². The summed E-state index contributed by atoms with van der Waals surface area (Å²) >= 11 is 0. The first kappa shape index (κ1) is 43.7. The first-order valence-corrected chi connectivity index (χ1v) is 5.21. The third-order valence-corrected chi connectivity index (χ3v) is 0.610. The van der Waals surface area contributed by atoms with Gasteiger partial charge in [-0.3, -0.25) is 14.4 Å². The zero-order valence-corrected chi connectivity index (χ0v) is 11.4. The van der Waals surface area contributed by atoms with Gasteiger partial charge >= 0.3 is 96.9 Å².